The van der Waals surface area contributed by atoms with Crippen LogP contribution in [0.4, 0.5) is 4.39 Å². The predicted octanol–water partition coefficient (Wildman–Crippen LogP) is 2.89. The van der Waals surface area contributed by atoms with E-state index in [1.807, 2.05) is 22.6 Å². The Morgan fingerprint density at radius 3 is 2.57 bits per heavy atom. The molecule has 0 aromatic heterocycles. The maximum Gasteiger partial charge on any atom is 0.254 e. The van der Waals surface area contributed by atoms with Gasteiger partial charge in [-0.3, -0.25) is 4.79 Å². The molecular formula is C9H8BrFINO. The number of amides is 1. The van der Waals surface area contributed by atoms with Gasteiger partial charge in [0.2, 0.25) is 0 Å². The van der Waals surface area contributed by atoms with Crippen molar-refractivity contribution in [3.05, 3.63) is 31.6 Å². The fourth-order valence-corrected chi connectivity index (χ4v) is 2.40. The average Bonchev–Trinajstić information content (AvgIpc) is 2.10. The number of rotatable bonds is 1. The van der Waals surface area contributed by atoms with E-state index in [2.05, 4.69) is 15.9 Å². The molecule has 0 N–H and O–H groups in total. The second kappa shape index (κ2) is 4.57. The lowest BCUT2D eigenvalue weighted by molar-refractivity contribution is 0.0826. The molecule has 0 bridgehead atoms. The average molecular weight is 372 g/mol. The van der Waals surface area contributed by atoms with Crippen molar-refractivity contribution in [3.63, 3.8) is 0 Å². The van der Waals surface area contributed by atoms with Crippen molar-refractivity contribution < 1.29 is 9.18 Å². The topological polar surface area (TPSA) is 20.3 Å². The SMILES string of the molecule is CN(C)C(=O)c1cc(F)c(Br)cc1I. The van der Waals surface area contributed by atoms with Crippen LogP contribution in [0.1, 0.15) is 10.4 Å². The van der Waals surface area contributed by atoms with Gasteiger partial charge in [-0.15, -0.1) is 0 Å². The summed E-state index contributed by atoms with van der Waals surface area (Å²) in [7, 11) is 3.27. The van der Waals surface area contributed by atoms with Crippen LogP contribution in [0.3, 0.4) is 0 Å². The molecule has 14 heavy (non-hydrogen) atoms. The minimum absolute atomic E-state index is 0.194. The molecule has 5 heteroatoms. The highest BCUT2D eigenvalue weighted by molar-refractivity contribution is 14.1. The third-order valence-electron chi connectivity index (χ3n) is 1.65. The van der Waals surface area contributed by atoms with Gasteiger partial charge in [0, 0.05) is 17.7 Å². The van der Waals surface area contributed by atoms with Crippen LogP contribution < -0.4 is 0 Å². The monoisotopic (exact) mass is 371 g/mol. The molecule has 0 saturated carbocycles. The van der Waals surface area contributed by atoms with Gasteiger partial charge in [-0.25, -0.2) is 4.39 Å². The van der Waals surface area contributed by atoms with Crippen molar-refractivity contribution in [1.29, 1.82) is 0 Å². The third-order valence-corrected chi connectivity index (χ3v) is 3.15. The van der Waals surface area contributed by atoms with Crippen molar-refractivity contribution in [2.75, 3.05) is 14.1 Å². The summed E-state index contributed by atoms with van der Waals surface area (Å²) >= 11 is 5.07. The van der Waals surface area contributed by atoms with Gasteiger partial charge in [-0.05, 0) is 50.7 Å². The summed E-state index contributed by atoms with van der Waals surface area (Å²) in [5.41, 5.74) is 0.385. The molecule has 2 nitrogen and oxygen atoms in total. The maximum absolute atomic E-state index is 13.2. The van der Waals surface area contributed by atoms with E-state index in [4.69, 9.17) is 0 Å². The Hall–Kier alpha value is -0.170. The molecule has 1 aromatic carbocycles. The second-order valence-corrected chi connectivity index (χ2v) is 4.96. The first-order chi connectivity index (χ1) is 6.43. The van der Waals surface area contributed by atoms with Gasteiger partial charge in [0.05, 0.1) is 10.0 Å². The quantitative estimate of drug-likeness (QED) is 0.549. The van der Waals surface area contributed by atoms with E-state index in [1.165, 1.54) is 11.0 Å². The van der Waals surface area contributed by atoms with Crippen LogP contribution in [0.15, 0.2) is 16.6 Å². The zero-order chi connectivity index (χ0) is 10.9. The van der Waals surface area contributed by atoms with Crippen LogP contribution in [0.2, 0.25) is 0 Å². The van der Waals surface area contributed by atoms with Crippen LogP contribution in [0, 0.1) is 9.39 Å². The van der Waals surface area contributed by atoms with Gasteiger partial charge in [0.15, 0.2) is 0 Å². The fourth-order valence-electron chi connectivity index (χ4n) is 0.927. The minimum atomic E-state index is -0.421. The van der Waals surface area contributed by atoms with Crippen LogP contribution in [-0.2, 0) is 0 Å². The summed E-state index contributed by atoms with van der Waals surface area (Å²) < 4.78 is 14.3. The molecule has 0 aliphatic rings. The van der Waals surface area contributed by atoms with E-state index in [0.29, 0.717) is 10.0 Å². The first-order valence-electron chi connectivity index (χ1n) is 3.79. The molecule has 0 aliphatic carbocycles. The lowest BCUT2D eigenvalue weighted by Crippen LogP contribution is -2.22. The molecule has 0 aliphatic heterocycles. The largest absolute Gasteiger partial charge is 0.345 e. The van der Waals surface area contributed by atoms with E-state index in [1.54, 1.807) is 20.2 Å². The van der Waals surface area contributed by atoms with Crippen molar-refractivity contribution in [1.82, 2.24) is 4.90 Å². The van der Waals surface area contributed by atoms with Crippen LogP contribution in [0.5, 0.6) is 0 Å². The highest BCUT2D eigenvalue weighted by Crippen LogP contribution is 2.22. The molecule has 1 amide bonds. The summed E-state index contributed by atoms with van der Waals surface area (Å²) in [6, 6.07) is 2.83. The van der Waals surface area contributed by atoms with Gasteiger partial charge in [-0.1, -0.05) is 0 Å². The Morgan fingerprint density at radius 2 is 2.07 bits per heavy atom. The van der Waals surface area contributed by atoms with Crippen molar-refractivity contribution in [3.8, 4) is 0 Å². The first-order valence-corrected chi connectivity index (χ1v) is 5.67. The molecule has 1 rings (SSSR count). The Bertz CT molecular complexity index is 381. The van der Waals surface area contributed by atoms with Gasteiger partial charge in [0.1, 0.15) is 5.82 Å². The molecule has 1 aromatic rings. The van der Waals surface area contributed by atoms with Crippen molar-refractivity contribution in [2.24, 2.45) is 0 Å². The normalized spacial score (nSPS) is 10.1. The molecule has 0 heterocycles. The Kier molecular flexibility index (Phi) is 3.88. The van der Waals surface area contributed by atoms with E-state index in [-0.39, 0.29) is 5.91 Å². The molecule has 0 spiro atoms. The number of carbonyl (C=O) groups excluding carboxylic acids is 1. The van der Waals surface area contributed by atoms with E-state index < -0.39 is 5.82 Å². The lowest BCUT2D eigenvalue weighted by atomic mass is 10.2. The Balaban J connectivity index is 3.22. The van der Waals surface area contributed by atoms with Crippen LogP contribution in [0.25, 0.3) is 0 Å². The lowest BCUT2D eigenvalue weighted by Gasteiger charge is -2.12. The Labute approximate surface area is 104 Å². The zero-order valence-corrected chi connectivity index (χ0v) is 11.4. The predicted molar refractivity (Wildman–Crippen MR) is 64.8 cm³/mol. The number of carbonyl (C=O) groups is 1. The van der Waals surface area contributed by atoms with Gasteiger partial charge in [0.25, 0.3) is 5.91 Å². The maximum atomic E-state index is 13.2. The molecular weight excluding hydrogens is 364 g/mol. The molecule has 0 fully saturated rings. The zero-order valence-electron chi connectivity index (χ0n) is 7.64. The van der Waals surface area contributed by atoms with Crippen LogP contribution in [-0.4, -0.2) is 24.9 Å². The summed E-state index contributed by atoms with van der Waals surface area (Å²) in [5.74, 6) is -0.614. The van der Waals surface area contributed by atoms with Gasteiger partial charge >= 0.3 is 0 Å². The summed E-state index contributed by atoms with van der Waals surface area (Å²) in [4.78, 5) is 13.0. The number of halogens is 3. The van der Waals surface area contributed by atoms with Crippen LogP contribution >= 0.6 is 38.5 Å². The van der Waals surface area contributed by atoms with E-state index in [0.717, 1.165) is 3.57 Å². The number of hydrogen-bond donors (Lipinski definition) is 0. The number of nitrogens with zero attached hydrogens (tertiary/aromatic N) is 1. The Morgan fingerprint density at radius 1 is 1.50 bits per heavy atom. The molecule has 0 atom stereocenters. The summed E-state index contributed by atoms with van der Waals surface area (Å²) in [6.45, 7) is 0. The van der Waals surface area contributed by atoms with Crippen molar-refractivity contribution >= 4 is 44.4 Å². The van der Waals surface area contributed by atoms with Gasteiger partial charge in [-0.2, -0.15) is 0 Å². The second-order valence-electron chi connectivity index (χ2n) is 2.95. The summed E-state index contributed by atoms with van der Waals surface area (Å²) in [5, 5.41) is 0. The standard InChI is InChI=1S/C9H8BrFINO/c1-13(2)9(14)5-3-7(11)6(10)4-8(5)12/h3-4H,1-2H3. The third kappa shape index (κ3) is 2.44. The molecule has 0 unspecified atom stereocenters. The molecule has 76 valence electrons. The number of benzene rings is 1. The summed E-state index contributed by atoms with van der Waals surface area (Å²) in [6.07, 6.45) is 0. The fraction of sp³-hybridized carbons (Fsp3) is 0.222. The number of hydrogen-bond acceptors (Lipinski definition) is 1. The van der Waals surface area contributed by atoms with Gasteiger partial charge < -0.3 is 4.90 Å². The molecule has 0 radical (unpaired) electrons. The highest BCUT2D eigenvalue weighted by Gasteiger charge is 2.14. The van der Waals surface area contributed by atoms with E-state index in [9.17, 15) is 9.18 Å². The highest BCUT2D eigenvalue weighted by atomic mass is 127. The minimum Gasteiger partial charge on any atom is -0.345 e. The first kappa shape index (κ1) is 11.9. The van der Waals surface area contributed by atoms with Crippen molar-refractivity contribution in [2.45, 2.75) is 0 Å². The molecule has 0 saturated heterocycles. The smallest absolute Gasteiger partial charge is 0.254 e. The van der Waals surface area contributed by atoms with E-state index >= 15 is 0 Å².